The SMILES string of the molecule is Cc1cc(Br)ccc1SCC(=O)N(CCO)CCO. The summed E-state index contributed by atoms with van der Waals surface area (Å²) in [6, 6.07) is 5.92. The highest BCUT2D eigenvalue weighted by atomic mass is 79.9. The largest absolute Gasteiger partial charge is 0.395 e. The van der Waals surface area contributed by atoms with Crippen molar-refractivity contribution >= 4 is 33.6 Å². The highest BCUT2D eigenvalue weighted by molar-refractivity contribution is 9.10. The maximum atomic E-state index is 11.9. The third kappa shape index (κ3) is 5.52. The van der Waals surface area contributed by atoms with Crippen molar-refractivity contribution in [1.29, 1.82) is 0 Å². The number of carbonyl (C=O) groups is 1. The number of halogens is 1. The Morgan fingerprint density at radius 1 is 1.32 bits per heavy atom. The average Bonchev–Trinajstić information content (AvgIpc) is 2.37. The Kier molecular flexibility index (Phi) is 7.45. The summed E-state index contributed by atoms with van der Waals surface area (Å²) < 4.78 is 1.02. The third-order valence-corrected chi connectivity index (χ3v) is 4.23. The van der Waals surface area contributed by atoms with Crippen LogP contribution in [0.2, 0.25) is 0 Å². The number of hydrogen-bond donors (Lipinski definition) is 2. The van der Waals surface area contributed by atoms with Crippen LogP contribution < -0.4 is 0 Å². The summed E-state index contributed by atoms with van der Waals surface area (Å²) in [6.45, 7) is 2.34. The van der Waals surface area contributed by atoms with Crippen LogP contribution in [0, 0.1) is 6.92 Å². The molecule has 1 aromatic carbocycles. The molecule has 6 heteroatoms. The highest BCUT2D eigenvalue weighted by Gasteiger charge is 2.13. The van der Waals surface area contributed by atoms with E-state index in [1.807, 2.05) is 25.1 Å². The average molecular weight is 348 g/mol. The summed E-state index contributed by atoms with van der Waals surface area (Å²) in [5.74, 6) is 0.234. The van der Waals surface area contributed by atoms with Crippen molar-refractivity contribution in [2.24, 2.45) is 0 Å². The van der Waals surface area contributed by atoms with Gasteiger partial charge in [0.05, 0.1) is 19.0 Å². The van der Waals surface area contributed by atoms with E-state index < -0.39 is 0 Å². The molecular weight excluding hydrogens is 330 g/mol. The normalized spacial score (nSPS) is 10.5. The Balaban J connectivity index is 2.56. The molecular formula is C13H18BrNO3S. The molecule has 0 bridgehead atoms. The minimum absolute atomic E-state index is 0.0737. The van der Waals surface area contributed by atoms with E-state index in [1.165, 1.54) is 16.7 Å². The van der Waals surface area contributed by atoms with Gasteiger partial charge in [0, 0.05) is 22.5 Å². The van der Waals surface area contributed by atoms with Crippen LogP contribution in [-0.4, -0.2) is 53.1 Å². The molecule has 0 aromatic heterocycles. The lowest BCUT2D eigenvalue weighted by Gasteiger charge is -2.20. The summed E-state index contributed by atoms with van der Waals surface area (Å²) in [6.07, 6.45) is 0. The predicted octanol–water partition coefficient (Wildman–Crippen LogP) is 1.66. The van der Waals surface area contributed by atoms with Gasteiger partial charge in [-0.2, -0.15) is 0 Å². The standard InChI is InChI=1S/C13H18BrNO3S/c1-10-8-11(14)2-3-12(10)19-9-13(18)15(4-6-16)5-7-17/h2-3,8,16-17H,4-7,9H2,1H3. The zero-order valence-corrected chi connectivity index (χ0v) is 13.2. The van der Waals surface area contributed by atoms with Gasteiger partial charge in [0.25, 0.3) is 0 Å². The lowest BCUT2D eigenvalue weighted by atomic mass is 10.2. The van der Waals surface area contributed by atoms with Crippen molar-refractivity contribution in [3.05, 3.63) is 28.2 Å². The van der Waals surface area contributed by atoms with Crippen LogP contribution >= 0.6 is 27.7 Å². The zero-order chi connectivity index (χ0) is 14.3. The molecule has 4 nitrogen and oxygen atoms in total. The van der Waals surface area contributed by atoms with Crippen LogP contribution in [0.5, 0.6) is 0 Å². The van der Waals surface area contributed by atoms with Crippen LogP contribution in [0.4, 0.5) is 0 Å². The molecule has 1 aromatic rings. The van der Waals surface area contributed by atoms with Gasteiger partial charge in [-0.15, -0.1) is 11.8 Å². The van der Waals surface area contributed by atoms with Crippen molar-refractivity contribution in [2.75, 3.05) is 32.1 Å². The first-order valence-electron chi connectivity index (χ1n) is 5.97. The van der Waals surface area contributed by atoms with Crippen LogP contribution in [-0.2, 0) is 4.79 Å². The number of hydrogen-bond acceptors (Lipinski definition) is 4. The maximum absolute atomic E-state index is 11.9. The number of thioether (sulfide) groups is 1. The second-order valence-corrected chi connectivity index (χ2v) is 5.96. The summed E-state index contributed by atoms with van der Waals surface area (Å²) in [5.41, 5.74) is 1.11. The van der Waals surface area contributed by atoms with E-state index in [2.05, 4.69) is 15.9 Å². The molecule has 2 N–H and O–H groups in total. The molecule has 0 fully saturated rings. The fourth-order valence-electron chi connectivity index (χ4n) is 1.61. The van der Waals surface area contributed by atoms with E-state index in [9.17, 15) is 4.79 Å². The second kappa shape index (κ2) is 8.58. The first-order chi connectivity index (χ1) is 9.08. The maximum Gasteiger partial charge on any atom is 0.233 e. The second-order valence-electron chi connectivity index (χ2n) is 4.03. The Labute approximate surface area is 125 Å². The van der Waals surface area contributed by atoms with E-state index in [-0.39, 0.29) is 32.2 Å². The van der Waals surface area contributed by atoms with Crippen molar-refractivity contribution < 1.29 is 15.0 Å². The molecule has 0 unspecified atom stereocenters. The molecule has 0 spiro atoms. The van der Waals surface area contributed by atoms with Crippen LogP contribution in [0.15, 0.2) is 27.6 Å². The molecule has 0 aliphatic carbocycles. The van der Waals surface area contributed by atoms with Crippen molar-refractivity contribution in [3.63, 3.8) is 0 Å². The lowest BCUT2D eigenvalue weighted by molar-refractivity contribution is -0.129. The number of nitrogens with zero attached hydrogens (tertiary/aromatic N) is 1. The van der Waals surface area contributed by atoms with Gasteiger partial charge in [-0.05, 0) is 30.7 Å². The predicted molar refractivity (Wildman–Crippen MR) is 80.4 cm³/mol. The minimum atomic E-state index is -0.0896. The first-order valence-corrected chi connectivity index (χ1v) is 7.74. The number of benzene rings is 1. The lowest BCUT2D eigenvalue weighted by Crippen LogP contribution is -2.37. The summed E-state index contributed by atoms with van der Waals surface area (Å²) in [5, 5.41) is 17.8. The Hall–Kier alpha value is -0.560. The topological polar surface area (TPSA) is 60.8 Å². The highest BCUT2D eigenvalue weighted by Crippen LogP contribution is 2.25. The first kappa shape index (κ1) is 16.5. The van der Waals surface area contributed by atoms with E-state index in [4.69, 9.17) is 10.2 Å². The fourth-order valence-corrected chi connectivity index (χ4v) is 3.00. The molecule has 0 saturated carbocycles. The van der Waals surface area contributed by atoms with Crippen LogP contribution in [0.25, 0.3) is 0 Å². The van der Waals surface area contributed by atoms with Crippen molar-refractivity contribution in [3.8, 4) is 0 Å². The smallest absolute Gasteiger partial charge is 0.233 e. The summed E-state index contributed by atoms with van der Waals surface area (Å²) in [7, 11) is 0. The Bertz CT molecular complexity index is 422. The van der Waals surface area contributed by atoms with E-state index >= 15 is 0 Å². The Morgan fingerprint density at radius 2 is 1.95 bits per heavy atom. The van der Waals surface area contributed by atoms with Gasteiger partial charge in [0.2, 0.25) is 5.91 Å². The van der Waals surface area contributed by atoms with E-state index in [1.54, 1.807) is 0 Å². The van der Waals surface area contributed by atoms with Gasteiger partial charge >= 0.3 is 0 Å². The summed E-state index contributed by atoms with van der Waals surface area (Å²) in [4.78, 5) is 14.5. The molecule has 0 atom stereocenters. The molecule has 1 rings (SSSR count). The molecule has 0 aliphatic heterocycles. The van der Waals surface area contributed by atoms with Gasteiger partial charge in [-0.25, -0.2) is 0 Å². The number of rotatable bonds is 7. The van der Waals surface area contributed by atoms with E-state index in [0.717, 1.165) is 14.9 Å². The van der Waals surface area contributed by atoms with Gasteiger partial charge < -0.3 is 15.1 Å². The number of aliphatic hydroxyl groups is 2. The monoisotopic (exact) mass is 347 g/mol. The third-order valence-electron chi connectivity index (χ3n) is 2.58. The van der Waals surface area contributed by atoms with Gasteiger partial charge in [-0.3, -0.25) is 4.79 Å². The van der Waals surface area contributed by atoms with Crippen molar-refractivity contribution in [1.82, 2.24) is 4.90 Å². The molecule has 0 radical (unpaired) electrons. The van der Waals surface area contributed by atoms with Crippen LogP contribution in [0.1, 0.15) is 5.56 Å². The van der Waals surface area contributed by atoms with Crippen molar-refractivity contribution in [2.45, 2.75) is 11.8 Å². The number of carbonyl (C=O) groups excluding carboxylic acids is 1. The molecule has 1 amide bonds. The molecule has 106 valence electrons. The summed E-state index contributed by atoms with van der Waals surface area (Å²) >= 11 is 4.87. The quantitative estimate of drug-likeness (QED) is 0.736. The molecule has 0 saturated heterocycles. The minimum Gasteiger partial charge on any atom is -0.395 e. The molecule has 0 heterocycles. The fraction of sp³-hybridized carbons (Fsp3) is 0.462. The van der Waals surface area contributed by atoms with Gasteiger partial charge in [0.15, 0.2) is 0 Å². The molecule has 0 aliphatic rings. The molecule has 19 heavy (non-hydrogen) atoms. The zero-order valence-electron chi connectivity index (χ0n) is 10.8. The Morgan fingerprint density at radius 3 is 2.47 bits per heavy atom. The van der Waals surface area contributed by atoms with Crippen LogP contribution in [0.3, 0.4) is 0 Å². The number of aryl methyl sites for hydroxylation is 1. The number of amides is 1. The van der Waals surface area contributed by atoms with Gasteiger partial charge in [0.1, 0.15) is 0 Å². The van der Waals surface area contributed by atoms with E-state index in [0.29, 0.717) is 5.75 Å². The van der Waals surface area contributed by atoms with Gasteiger partial charge in [-0.1, -0.05) is 15.9 Å². The number of aliphatic hydroxyl groups excluding tert-OH is 2.